The SMILES string of the molecule is CC(O)[C@H]1C(=O)N2C(C(=O)O)=C(S[C@@H]3CCN([C@@H]4CC[C@@H](N=C(N)N)C4)C3)[C@H](C)[C@H]12. The molecule has 0 aromatic carbocycles. The Balaban J connectivity index is 1.43. The Labute approximate surface area is 180 Å². The number of carboxylic acid groups (broad SMARTS) is 1. The van der Waals surface area contributed by atoms with E-state index < -0.39 is 18.0 Å². The van der Waals surface area contributed by atoms with Crippen molar-refractivity contribution in [1.29, 1.82) is 0 Å². The van der Waals surface area contributed by atoms with Crippen LogP contribution in [0.15, 0.2) is 15.6 Å². The lowest BCUT2D eigenvalue weighted by Crippen LogP contribution is -2.63. The minimum atomic E-state index is -1.06. The fraction of sp³-hybridized carbons (Fsp3) is 0.750. The topological polar surface area (TPSA) is 145 Å². The summed E-state index contributed by atoms with van der Waals surface area (Å²) in [7, 11) is 0. The van der Waals surface area contributed by atoms with Crippen molar-refractivity contribution in [2.75, 3.05) is 13.1 Å². The van der Waals surface area contributed by atoms with Crippen molar-refractivity contribution < 1.29 is 19.8 Å². The molecule has 10 heteroatoms. The minimum Gasteiger partial charge on any atom is -0.477 e. The molecule has 1 amide bonds. The van der Waals surface area contributed by atoms with Gasteiger partial charge in [-0.1, -0.05) is 6.92 Å². The number of hydrogen-bond acceptors (Lipinski definition) is 6. The first-order valence-electron chi connectivity index (χ1n) is 10.7. The summed E-state index contributed by atoms with van der Waals surface area (Å²) in [5.41, 5.74) is 11.1. The first kappa shape index (κ1) is 21.5. The molecule has 1 saturated carbocycles. The molecule has 30 heavy (non-hydrogen) atoms. The maximum atomic E-state index is 12.5. The molecule has 3 aliphatic heterocycles. The Hall–Kier alpha value is -1.78. The summed E-state index contributed by atoms with van der Waals surface area (Å²) in [5.74, 6) is -1.79. The number of carboxylic acids is 1. The van der Waals surface area contributed by atoms with Crippen molar-refractivity contribution in [3.8, 4) is 0 Å². The van der Waals surface area contributed by atoms with Crippen LogP contribution in [-0.2, 0) is 9.59 Å². The second-order valence-corrected chi connectivity index (χ2v) is 10.3. The van der Waals surface area contributed by atoms with E-state index in [1.54, 1.807) is 18.7 Å². The molecule has 4 aliphatic rings. The highest BCUT2D eigenvalue weighted by molar-refractivity contribution is 8.03. The molecule has 9 nitrogen and oxygen atoms in total. The van der Waals surface area contributed by atoms with Crippen LogP contribution in [0.5, 0.6) is 0 Å². The number of carbonyl (C=O) groups is 2. The van der Waals surface area contributed by atoms with Crippen LogP contribution in [0.4, 0.5) is 0 Å². The van der Waals surface area contributed by atoms with Crippen molar-refractivity contribution in [2.24, 2.45) is 28.3 Å². The Kier molecular flexibility index (Phi) is 5.75. The molecule has 2 saturated heterocycles. The number of aliphatic imine (C=N–C) groups is 1. The number of fused-ring (bicyclic) bond motifs is 1. The monoisotopic (exact) mass is 437 g/mol. The molecule has 0 aromatic heterocycles. The lowest BCUT2D eigenvalue weighted by Gasteiger charge is -2.46. The van der Waals surface area contributed by atoms with Crippen LogP contribution in [0.2, 0.25) is 0 Å². The predicted octanol–water partition coefficient (Wildman–Crippen LogP) is 0.142. The zero-order chi connectivity index (χ0) is 21.7. The van der Waals surface area contributed by atoms with Gasteiger partial charge in [-0.2, -0.15) is 0 Å². The van der Waals surface area contributed by atoms with Crippen LogP contribution in [-0.4, -0.2) is 80.4 Å². The number of aliphatic hydroxyl groups is 1. The number of thioether (sulfide) groups is 1. The summed E-state index contributed by atoms with van der Waals surface area (Å²) in [6, 6.07) is 0.396. The Morgan fingerprint density at radius 3 is 2.67 bits per heavy atom. The number of aliphatic carboxylic acids is 1. The first-order valence-corrected chi connectivity index (χ1v) is 11.5. The molecule has 4 rings (SSSR count). The molecule has 1 aliphatic carbocycles. The third kappa shape index (κ3) is 3.58. The molecule has 7 atom stereocenters. The largest absolute Gasteiger partial charge is 0.477 e. The summed E-state index contributed by atoms with van der Waals surface area (Å²) in [4.78, 5) is 33.4. The van der Waals surface area contributed by atoms with Gasteiger partial charge in [-0.3, -0.25) is 14.7 Å². The number of rotatable bonds is 6. The summed E-state index contributed by atoms with van der Waals surface area (Å²) in [6.45, 7) is 5.44. The highest BCUT2D eigenvalue weighted by Crippen LogP contribution is 2.52. The van der Waals surface area contributed by atoms with E-state index >= 15 is 0 Å². The number of likely N-dealkylation sites (tertiary alicyclic amines) is 1. The highest BCUT2D eigenvalue weighted by Gasteiger charge is 2.60. The first-order chi connectivity index (χ1) is 14.2. The fourth-order valence-electron chi connectivity index (χ4n) is 5.63. The fourth-order valence-corrected chi connectivity index (χ4v) is 7.13. The Bertz CT molecular complexity index is 796. The number of nitrogens with zero attached hydrogens (tertiary/aromatic N) is 3. The second kappa shape index (κ2) is 8.05. The van der Waals surface area contributed by atoms with Gasteiger partial charge < -0.3 is 26.6 Å². The predicted molar refractivity (Wildman–Crippen MR) is 114 cm³/mol. The Morgan fingerprint density at radius 2 is 2.03 bits per heavy atom. The Morgan fingerprint density at radius 1 is 1.30 bits per heavy atom. The van der Waals surface area contributed by atoms with E-state index in [2.05, 4.69) is 9.89 Å². The quantitative estimate of drug-likeness (QED) is 0.261. The molecule has 0 radical (unpaired) electrons. The van der Waals surface area contributed by atoms with Crippen LogP contribution in [0.25, 0.3) is 0 Å². The average Bonchev–Trinajstić information content (AvgIpc) is 3.34. The van der Waals surface area contributed by atoms with Crippen LogP contribution in [0.1, 0.15) is 39.5 Å². The van der Waals surface area contributed by atoms with Gasteiger partial charge in [-0.05, 0) is 39.2 Å². The second-order valence-electron chi connectivity index (χ2n) is 8.97. The van der Waals surface area contributed by atoms with Crippen molar-refractivity contribution in [3.05, 3.63) is 10.6 Å². The summed E-state index contributed by atoms with van der Waals surface area (Å²) in [6.07, 6.45) is 3.22. The van der Waals surface area contributed by atoms with E-state index in [4.69, 9.17) is 11.5 Å². The highest BCUT2D eigenvalue weighted by atomic mass is 32.2. The number of nitrogens with two attached hydrogens (primary N) is 2. The summed E-state index contributed by atoms with van der Waals surface area (Å²) < 4.78 is 0. The van der Waals surface area contributed by atoms with E-state index in [0.29, 0.717) is 6.04 Å². The molecule has 166 valence electrons. The number of guanidine groups is 1. The number of amides is 1. The molecule has 0 aromatic rings. The zero-order valence-corrected chi connectivity index (χ0v) is 18.2. The van der Waals surface area contributed by atoms with Gasteiger partial charge in [0.1, 0.15) is 5.70 Å². The normalized spacial score (nSPS) is 37.3. The smallest absolute Gasteiger partial charge is 0.353 e. The van der Waals surface area contributed by atoms with E-state index in [1.165, 1.54) is 4.90 Å². The molecule has 3 fully saturated rings. The van der Waals surface area contributed by atoms with Crippen LogP contribution in [0.3, 0.4) is 0 Å². The molecule has 0 bridgehead atoms. The molecule has 6 N–H and O–H groups in total. The number of carbonyl (C=O) groups excluding carboxylic acids is 1. The van der Waals surface area contributed by atoms with Gasteiger partial charge >= 0.3 is 5.97 Å². The van der Waals surface area contributed by atoms with Gasteiger partial charge in [0, 0.05) is 28.7 Å². The third-order valence-corrected chi connectivity index (χ3v) is 8.54. The zero-order valence-electron chi connectivity index (χ0n) is 17.4. The average molecular weight is 438 g/mol. The van der Waals surface area contributed by atoms with Gasteiger partial charge in [0.05, 0.1) is 24.1 Å². The van der Waals surface area contributed by atoms with Crippen LogP contribution < -0.4 is 11.5 Å². The number of hydrogen-bond donors (Lipinski definition) is 4. The third-order valence-electron chi connectivity index (χ3n) is 7.01. The molecule has 3 heterocycles. The van der Waals surface area contributed by atoms with Gasteiger partial charge in [0.2, 0.25) is 5.91 Å². The van der Waals surface area contributed by atoms with Crippen molar-refractivity contribution in [2.45, 2.75) is 69.0 Å². The van der Waals surface area contributed by atoms with Gasteiger partial charge in [-0.15, -0.1) is 11.8 Å². The molecular weight excluding hydrogens is 406 g/mol. The maximum absolute atomic E-state index is 12.5. The van der Waals surface area contributed by atoms with Crippen molar-refractivity contribution in [1.82, 2.24) is 9.80 Å². The van der Waals surface area contributed by atoms with Crippen LogP contribution in [0, 0.1) is 11.8 Å². The summed E-state index contributed by atoms with van der Waals surface area (Å²) >= 11 is 1.61. The minimum absolute atomic E-state index is 0.0785. The van der Waals surface area contributed by atoms with Crippen molar-refractivity contribution >= 4 is 29.6 Å². The molecule has 1 unspecified atom stereocenters. The van der Waals surface area contributed by atoms with Gasteiger partial charge in [0.15, 0.2) is 5.96 Å². The number of β-lactam (4-membered cyclic amide) rings is 1. The van der Waals surface area contributed by atoms with Gasteiger partial charge in [-0.25, -0.2) is 4.79 Å². The van der Waals surface area contributed by atoms with Crippen molar-refractivity contribution in [3.63, 3.8) is 0 Å². The molecule has 0 spiro atoms. The van der Waals surface area contributed by atoms with Crippen LogP contribution >= 0.6 is 11.8 Å². The lowest BCUT2D eigenvalue weighted by atomic mass is 9.79. The standard InChI is InChI=1S/C20H31N5O4S/c1-9-15-14(10(2)26)18(27)25(15)16(19(28)29)17(9)30-13-5-6-24(8-13)12-4-3-11(7-12)23-20(21)22/h9-15,26H,3-8H2,1-2H3,(H,28,29)(H4,21,22,23)/t9-,10?,11-,12-,13-,14-,15-/m1/s1. The van der Waals surface area contributed by atoms with E-state index in [-0.39, 0.29) is 40.8 Å². The van der Waals surface area contributed by atoms with E-state index in [1.807, 2.05) is 6.92 Å². The maximum Gasteiger partial charge on any atom is 0.353 e. The number of aliphatic hydroxyl groups excluding tert-OH is 1. The molecular formula is C20H31N5O4S. The van der Waals surface area contributed by atoms with E-state index in [9.17, 15) is 19.8 Å². The summed E-state index contributed by atoms with van der Waals surface area (Å²) in [5, 5.41) is 20.1. The van der Waals surface area contributed by atoms with Gasteiger partial charge in [0.25, 0.3) is 0 Å². The lowest BCUT2D eigenvalue weighted by molar-refractivity contribution is -0.163. The van der Waals surface area contributed by atoms with E-state index in [0.717, 1.165) is 43.7 Å².